The summed E-state index contributed by atoms with van der Waals surface area (Å²) in [6.45, 7) is 9.23. The molecule has 6 nitrogen and oxygen atoms in total. The van der Waals surface area contributed by atoms with Gasteiger partial charge in [-0.25, -0.2) is 9.59 Å². The molecule has 0 aliphatic heterocycles. The molecule has 0 saturated carbocycles. The number of aliphatic hydroxyl groups excluding tert-OH is 1. The van der Waals surface area contributed by atoms with Gasteiger partial charge in [-0.05, 0) is 44.2 Å². The Labute approximate surface area is 142 Å². The predicted octanol–water partition coefficient (Wildman–Crippen LogP) is 2.90. The molecule has 0 unspecified atom stereocenters. The van der Waals surface area contributed by atoms with Gasteiger partial charge in [0, 0.05) is 0 Å². The Morgan fingerprint density at radius 1 is 1.17 bits per heavy atom. The zero-order chi connectivity index (χ0) is 18.5. The van der Waals surface area contributed by atoms with Gasteiger partial charge < -0.3 is 20.3 Å². The largest absolute Gasteiger partial charge is 0.480 e. The third-order valence-electron chi connectivity index (χ3n) is 3.22. The normalized spacial score (nSPS) is 14.1. The lowest BCUT2D eigenvalue weighted by Crippen LogP contribution is -2.46. The summed E-state index contributed by atoms with van der Waals surface area (Å²) < 4.78 is 5.04. The van der Waals surface area contributed by atoms with Gasteiger partial charge in [0.25, 0.3) is 0 Å². The highest BCUT2D eigenvalue weighted by Crippen LogP contribution is 2.20. The maximum absolute atomic E-state index is 11.8. The third kappa shape index (κ3) is 6.58. The van der Waals surface area contributed by atoms with Gasteiger partial charge in [0.2, 0.25) is 0 Å². The van der Waals surface area contributed by atoms with Crippen molar-refractivity contribution in [3.8, 4) is 0 Å². The smallest absolute Gasteiger partial charge is 0.408 e. The zero-order valence-corrected chi connectivity index (χ0v) is 14.9. The Kier molecular flexibility index (Phi) is 6.78. The minimum atomic E-state index is -1.49. The first kappa shape index (κ1) is 20.0. The van der Waals surface area contributed by atoms with Crippen LogP contribution < -0.4 is 5.32 Å². The molecule has 1 aromatic carbocycles. The maximum atomic E-state index is 11.8. The molecule has 0 radical (unpaired) electrons. The molecule has 0 bridgehead atoms. The standard InChI is InChI=1S/C18H27NO5/c1-11(2)10-12-6-8-13(9-7-12)15(20)14(16(21)22)19-17(23)24-18(3,4)5/h6-9,11,14-15,20H,10H2,1-5H3,(H,19,23)(H,21,22)/t14-,15-/m1/s1. The lowest BCUT2D eigenvalue weighted by molar-refractivity contribution is -0.142. The maximum Gasteiger partial charge on any atom is 0.408 e. The number of carbonyl (C=O) groups excluding carboxylic acids is 1. The second-order valence-corrected chi connectivity index (χ2v) is 7.25. The highest BCUT2D eigenvalue weighted by molar-refractivity contribution is 5.80. The average Bonchev–Trinajstić information content (AvgIpc) is 2.42. The van der Waals surface area contributed by atoms with Gasteiger partial charge in [-0.3, -0.25) is 0 Å². The van der Waals surface area contributed by atoms with Crippen molar-refractivity contribution in [2.45, 2.75) is 58.8 Å². The van der Waals surface area contributed by atoms with E-state index in [1.54, 1.807) is 32.9 Å². The molecule has 0 heterocycles. The molecule has 0 aromatic heterocycles. The molecule has 1 aromatic rings. The fourth-order valence-corrected chi connectivity index (χ4v) is 2.22. The Bertz CT molecular complexity index is 560. The number of aliphatic carboxylic acids is 1. The Morgan fingerprint density at radius 2 is 1.71 bits per heavy atom. The highest BCUT2D eigenvalue weighted by atomic mass is 16.6. The summed E-state index contributed by atoms with van der Waals surface area (Å²) >= 11 is 0. The van der Waals surface area contributed by atoms with Gasteiger partial charge in [-0.15, -0.1) is 0 Å². The summed E-state index contributed by atoms with van der Waals surface area (Å²) in [4.78, 5) is 23.2. The van der Waals surface area contributed by atoms with Crippen molar-refractivity contribution in [1.82, 2.24) is 5.32 Å². The lowest BCUT2D eigenvalue weighted by Gasteiger charge is -2.24. The molecule has 1 rings (SSSR count). The predicted molar refractivity (Wildman–Crippen MR) is 90.7 cm³/mol. The second-order valence-electron chi connectivity index (χ2n) is 7.25. The first-order valence-electron chi connectivity index (χ1n) is 7.99. The van der Waals surface area contributed by atoms with Gasteiger partial charge in [-0.2, -0.15) is 0 Å². The van der Waals surface area contributed by atoms with E-state index in [2.05, 4.69) is 19.2 Å². The summed E-state index contributed by atoms with van der Waals surface area (Å²) in [5, 5.41) is 21.8. The van der Waals surface area contributed by atoms with Crippen LogP contribution in [0.25, 0.3) is 0 Å². The topological polar surface area (TPSA) is 95.9 Å². The van der Waals surface area contributed by atoms with Crippen LogP contribution in [0.5, 0.6) is 0 Å². The van der Waals surface area contributed by atoms with Crippen LogP contribution in [0.1, 0.15) is 51.8 Å². The van der Waals surface area contributed by atoms with Crippen molar-refractivity contribution in [3.05, 3.63) is 35.4 Å². The number of hydrogen-bond acceptors (Lipinski definition) is 4. The number of rotatable bonds is 6. The van der Waals surface area contributed by atoms with Gasteiger partial charge >= 0.3 is 12.1 Å². The summed E-state index contributed by atoms with van der Waals surface area (Å²) in [7, 11) is 0. The first-order valence-corrected chi connectivity index (χ1v) is 7.99. The van der Waals surface area contributed by atoms with Crippen LogP contribution >= 0.6 is 0 Å². The van der Waals surface area contributed by atoms with Crippen LogP contribution in [-0.2, 0) is 16.0 Å². The van der Waals surface area contributed by atoms with E-state index in [4.69, 9.17) is 4.74 Å². The van der Waals surface area contributed by atoms with Crippen LogP contribution in [0.3, 0.4) is 0 Å². The molecule has 0 saturated heterocycles. The van der Waals surface area contributed by atoms with Gasteiger partial charge in [0.05, 0.1) is 0 Å². The number of ether oxygens (including phenoxy) is 1. The number of carboxylic acid groups (broad SMARTS) is 1. The Balaban J connectivity index is 2.84. The summed E-state index contributed by atoms with van der Waals surface area (Å²) in [6, 6.07) is 5.57. The van der Waals surface area contributed by atoms with E-state index in [-0.39, 0.29) is 0 Å². The summed E-state index contributed by atoms with van der Waals surface area (Å²) in [6.07, 6.45) is -1.36. The molecule has 0 aliphatic rings. The number of carboxylic acids is 1. The Morgan fingerprint density at radius 3 is 2.12 bits per heavy atom. The number of carbonyl (C=O) groups is 2. The van der Waals surface area contributed by atoms with E-state index in [1.165, 1.54) is 0 Å². The van der Waals surface area contributed by atoms with Crippen molar-refractivity contribution in [2.24, 2.45) is 5.92 Å². The quantitative estimate of drug-likeness (QED) is 0.742. The van der Waals surface area contributed by atoms with E-state index >= 15 is 0 Å². The van der Waals surface area contributed by atoms with Crippen LogP contribution in [-0.4, -0.2) is 33.9 Å². The van der Waals surface area contributed by atoms with Crippen LogP contribution in [0.2, 0.25) is 0 Å². The number of hydrogen-bond donors (Lipinski definition) is 3. The average molecular weight is 337 g/mol. The number of amides is 1. The highest BCUT2D eigenvalue weighted by Gasteiger charge is 2.31. The van der Waals surface area contributed by atoms with Gasteiger partial charge in [-0.1, -0.05) is 38.1 Å². The molecule has 0 aliphatic carbocycles. The lowest BCUT2D eigenvalue weighted by atomic mass is 9.97. The summed E-state index contributed by atoms with van der Waals surface area (Å²) in [5.41, 5.74) is 0.773. The van der Waals surface area contributed by atoms with E-state index in [1.807, 2.05) is 12.1 Å². The summed E-state index contributed by atoms with van der Waals surface area (Å²) in [5.74, 6) is -0.832. The minimum Gasteiger partial charge on any atom is -0.480 e. The third-order valence-corrected chi connectivity index (χ3v) is 3.22. The first-order chi connectivity index (χ1) is 11.0. The number of alkyl carbamates (subject to hydrolysis) is 1. The van der Waals surface area contributed by atoms with E-state index in [0.717, 1.165) is 12.0 Å². The van der Waals surface area contributed by atoms with Crippen LogP contribution in [0.15, 0.2) is 24.3 Å². The second kappa shape index (κ2) is 8.15. The zero-order valence-electron chi connectivity index (χ0n) is 14.9. The monoisotopic (exact) mass is 337 g/mol. The molecular weight excluding hydrogens is 310 g/mol. The number of aliphatic hydroxyl groups is 1. The molecule has 134 valence electrons. The molecule has 0 fully saturated rings. The van der Waals surface area contributed by atoms with Crippen LogP contribution in [0, 0.1) is 5.92 Å². The SMILES string of the molecule is CC(C)Cc1ccc([C@@H](O)[C@@H](NC(=O)OC(C)(C)C)C(=O)O)cc1. The van der Waals surface area contributed by atoms with Crippen molar-refractivity contribution in [1.29, 1.82) is 0 Å². The fraction of sp³-hybridized carbons (Fsp3) is 0.556. The minimum absolute atomic E-state index is 0.422. The van der Waals surface area contributed by atoms with Crippen LogP contribution in [0.4, 0.5) is 4.79 Å². The fourth-order valence-electron chi connectivity index (χ4n) is 2.22. The van der Waals surface area contributed by atoms with Crippen molar-refractivity contribution >= 4 is 12.1 Å². The Hall–Kier alpha value is -2.08. The van der Waals surface area contributed by atoms with Crippen molar-refractivity contribution in [2.75, 3.05) is 0 Å². The van der Waals surface area contributed by atoms with Gasteiger partial charge in [0.1, 0.15) is 11.7 Å². The van der Waals surface area contributed by atoms with E-state index < -0.39 is 29.8 Å². The molecule has 0 spiro atoms. The molecular formula is C18H27NO5. The molecule has 1 amide bonds. The molecule has 24 heavy (non-hydrogen) atoms. The molecule has 6 heteroatoms. The van der Waals surface area contributed by atoms with E-state index in [0.29, 0.717) is 11.5 Å². The van der Waals surface area contributed by atoms with Crippen molar-refractivity contribution in [3.63, 3.8) is 0 Å². The molecule has 3 N–H and O–H groups in total. The number of nitrogens with one attached hydrogen (secondary N) is 1. The van der Waals surface area contributed by atoms with Crippen molar-refractivity contribution < 1.29 is 24.5 Å². The van der Waals surface area contributed by atoms with Gasteiger partial charge in [0.15, 0.2) is 6.04 Å². The number of benzene rings is 1. The van der Waals surface area contributed by atoms with E-state index in [9.17, 15) is 19.8 Å². The molecule has 2 atom stereocenters.